The Bertz CT molecular complexity index is 745. The van der Waals surface area contributed by atoms with E-state index in [1.54, 1.807) is 6.29 Å². The van der Waals surface area contributed by atoms with E-state index >= 15 is 0 Å². The lowest BCUT2D eigenvalue weighted by molar-refractivity contribution is -0.148. The maximum Gasteiger partial charge on any atom is 0.310 e. The summed E-state index contributed by atoms with van der Waals surface area (Å²) in [4.78, 5) is 22.9. The normalized spacial score (nSPS) is 15.0. The Morgan fingerprint density at radius 1 is 1.04 bits per heavy atom. The lowest BCUT2D eigenvalue weighted by Crippen LogP contribution is -2.30. The summed E-state index contributed by atoms with van der Waals surface area (Å²) >= 11 is 0. The SMILES string of the molecule is NCC(CC[C@H](N)[C]=O)C(=O)OCC1c2ccccc2-c2ccccc21. The Morgan fingerprint density at radius 3 is 2.15 bits per heavy atom. The van der Waals surface area contributed by atoms with Crippen molar-refractivity contribution in [3.8, 4) is 11.1 Å². The van der Waals surface area contributed by atoms with E-state index in [0.717, 1.165) is 0 Å². The van der Waals surface area contributed by atoms with Crippen LogP contribution in [0.5, 0.6) is 0 Å². The van der Waals surface area contributed by atoms with E-state index in [-0.39, 0.29) is 25.0 Å². The van der Waals surface area contributed by atoms with Gasteiger partial charge in [-0.05, 0) is 35.1 Å². The highest BCUT2D eigenvalue weighted by molar-refractivity contribution is 5.79. The zero-order valence-corrected chi connectivity index (χ0v) is 14.6. The first-order valence-corrected chi connectivity index (χ1v) is 8.84. The summed E-state index contributed by atoms with van der Waals surface area (Å²) < 4.78 is 5.60. The molecule has 1 aliphatic carbocycles. The average Bonchev–Trinajstić information content (AvgIpc) is 3.00. The Labute approximate surface area is 153 Å². The summed E-state index contributed by atoms with van der Waals surface area (Å²) in [5.74, 6) is -0.774. The Balaban J connectivity index is 1.69. The van der Waals surface area contributed by atoms with Gasteiger partial charge in [-0.1, -0.05) is 48.5 Å². The Hall–Kier alpha value is -2.50. The first-order chi connectivity index (χ1) is 12.7. The highest BCUT2D eigenvalue weighted by Gasteiger charge is 2.30. The molecule has 1 radical (unpaired) electrons. The highest BCUT2D eigenvalue weighted by atomic mass is 16.5. The number of carbonyl (C=O) groups is 1. The largest absolute Gasteiger partial charge is 0.464 e. The molecular weight excluding hydrogens is 328 g/mol. The molecule has 0 fully saturated rings. The van der Waals surface area contributed by atoms with Gasteiger partial charge in [0.25, 0.3) is 0 Å². The average molecular weight is 351 g/mol. The van der Waals surface area contributed by atoms with Gasteiger partial charge < -0.3 is 16.2 Å². The summed E-state index contributed by atoms with van der Waals surface area (Å²) in [5.41, 5.74) is 16.0. The molecule has 26 heavy (non-hydrogen) atoms. The smallest absolute Gasteiger partial charge is 0.310 e. The van der Waals surface area contributed by atoms with E-state index in [4.69, 9.17) is 16.2 Å². The van der Waals surface area contributed by atoms with Crippen molar-refractivity contribution in [1.29, 1.82) is 0 Å². The maximum absolute atomic E-state index is 12.4. The van der Waals surface area contributed by atoms with Crippen molar-refractivity contribution in [1.82, 2.24) is 0 Å². The molecule has 5 nitrogen and oxygen atoms in total. The van der Waals surface area contributed by atoms with Gasteiger partial charge in [0.05, 0.1) is 12.0 Å². The molecule has 4 N–H and O–H groups in total. The molecule has 2 aromatic rings. The van der Waals surface area contributed by atoms with E-state index in [0.29, 0.717) is 12.8 Å². The van der Waals surface area contributed by atoms with Crippen molar-refractivity contribution in [2.75, 3.05) is 13.2 Å². The van der Waals surface area contributed by atoms with Gasteiger partial charge in [0, 0.05) is 12.5 Å². The van der Waals surface area contributed by atoms with Crippen LogP contribution < -0.4 is 11.5 Å². The van der Waals surface area contributed by atoms with Crippen LogP contribution in [0.25, 0.3) is 11.1 Å². The molecule has 0 saturated carbocycles. The first-order valence-electron chi connectivity index (χ1n) is 8.84. The van der Waals surface area contributed by atoms with E-state index in [2.05, 4.69) is 24.3 Å². The third-order valence-electron chi connectivity index (χ3n) is 4.95. The molecule has 0 spiro atoms. The summed E-state index contributed by atoms with van der Waals surface area (Å²) in [5, 5.41) is 0. The summed E-state index contributed by atoms with van der Waals surface area (Å²) in [7, 11) is 0. The second kappa shape index (κ2) is 8.25. The topological polar surface area (TPSA) is 95.4 Å². The molecule has 2 aromatic carbocycles. The van der Waals surface area contributed by atoms with Crippen molar-refractivity contribution in [2.24, 2.45) is 17.4 Å². The van der Waals surface area contributed by atoms with Gasteiger partial charge in [-0.3, -0.25) is 9.59 Å². The zero-order chi connectivity index (χ0) is 18.5. The van der Waals surface area contributed by atoms with Crippen molar-refractivity contribution in [3.63, 3.8) is 0 Å². The molecular formula is C21H23N2O3. The second-order valence-electron chi connectivity index (χ2n) is 6.59. The molecule has 135 valence electrons. The van der Waals surface area contributed by atoms with Gasteiger partial charge in [0.15, 0.2) is 0 Å². The number of esters is 1. The Kier molecular flexibility index (Phi) is 5.81. The van der Waals surface area contributed by atoms with Crippen molar-refractivity contribution in [3.05, 3.63) is 59.7 Å². The number of benzene rings is 2. The van der Waals surface area contributed by atoms with Gasteiger partial charge in [0.2, 0.25) is 6.29 Å². The van der Waals surface area contributed by atoms with Gasteiger partial charge in [-0.2, -0.15) is 0 Å². The molecule has 2 atom stereocenters. The monoisotopic (exact) mass is 351 g/mol. The quantitative estimate of drug-likeness (QED) is 0.711. The van der Waals surface area contributed by atoms with Crippen LogP contribution in [0.3, 0.4) is 0 Å². The zero-order valence-electron chi connectivity index (χ0n) is 14.6. The number of ether oxygens (including phenoxy) is 1. The van der Waals surface area contributed by atoms with Crippen LogP contribution in [0.2, 0.25) is 0 Å². The number of hydrogen-bond donors (Lipinski definition) is 2. The predicted molar refractivity (Wildman–Crippen MR) is 100 cm³/mol. The standard InChI is InChI=1S/C21H23N2O3/c22-11-14(9-10-15(23)12-24)21(25)26-13-20-18-7-3-1-5-16(18)17-6-2-4-8-19(17)20/h1-8,14-15,20H,9-11,13,22-23H2/t14?,15-/m0/s1. The van der Waals surface area contributed by atoms with Crippen molar-refractivity contribution < 1.29 is 14.3 Å². The van der Waals surface area contributed by atoms with Gasteiger partial charge in [-0.25, -0.2) is 0 Å². The van der Waals surface area contributed by atoms with Crippen LogP contribution in [-0.4, -0.2) is 31.4 Å². The summed E-state index contributed by atoms with van der Waals surface area (Å²) in [6.45, 7) is 0.442. The van der Waals surface area contributed by atoms with Crippen molar-refractivity contribution in [2.45, 2.75) is 24.8 Å². The number of fused-ring (bicyclic) bond motifs is 3. The molecule has 0 heterocycles. The molecule has 0 aromatic heterocycles. The number of hydrogen-bond acceptors (Lipinski definition) is 5. The van der Waals surface area contributed by atoms with Crippen LogP contribution in [0.15, 0.2) is 48.5 Å². The van der Waals surface area contributed by atoms with Crippen LogP contribution in [-0.2, 0) is 14.3 Å². The molecule has 3 rings (SSSR count). The minimum atomic E-state index is -0.689. The van der Waals surface area contributed by atoms with Crippen LogP contribution >= 0.6 is 0 Å². The molecule has 5 heteroatoms. The fourth-order valence-corrected chi connectivity index (χ4v) is 3.49. The maximum atomic E-state index is 12.4. The van der Waals surface area contributed by atoms with Crippen LogP contribution in [0.4, 0.5) is 0 Å². The fraction of sp³-hybridized carbons (Fsp3) is 0.333. The molecule has 0 aliphatic heterocycles. The van der Waals surface area contributed by atoms with Gasteiger partial charge >= 0.3 is 5.97 Å². The van der Waals surface area contributed by atoms with E-state index < -0.39 is 12.0 Å². The highest BCUT2D eigenvalue weighted by Crippen LogP contribution is 2.44. The van der Waals surface area contributed by atoms with Crippen LogP contribution in [0.1, 0.15) is 29.9 Å². The van der Waals surface area contributed by atoms with Gasteiger partial charge in [0.1, 0.15) is 6.61 Å². The van der Waals surface area contributed by atoms with E-state index in [1.165, 1.54) is 22.3 Å². The first kappa shape index (κ1) is 18.3. The molecule has 1 unspecified atom stereocenters. The molecule has 0 bridgehead atoms. The third kappa shape index (κ3) is 3.69. The fourth-order valence-electron chi connectivity index (χ4n) is 3.49. The minimum absolute atomic E-state index is 0.0235. The molecule has 0 saturated heterocycles. The third-order valence-corrected chi connectivity index (χ3v) is 4.95. The lowest BCUT2D eigenvalue weighted by Gasteiger charge is -2.18. The summed E-state index contributed by atoms with van der Waals surface area (Å²) in [6, 6.07) is 15.7. The molecule has 0 amide bonds. The Morgan fingerprint density at radius 2 is 1.62 bits per heavy atom. The second-order valence-corrected chi connectivity index (χ2v) is 6.59. The predicted octanol–water partition coefficient (Wildman–Crippen LogP) is 2.13. The van der Waals surface area contributed by atoms with Crippen LogP contribution in [0, 0.1) is 5.92 Å². The number of rotatable bonds is 8. The van der Waals surface area contributed by atoms with E-state index in [9.17, 15) is 9.59 Å². The number of nitrogens with two attached hydrogens (primary N) is 2. The lowest BCUT2D eigenvalue weighted by atomic mass is 9.97. The number of carbonyl (C=O) groups excluding carboxylic acids is 2. The molecule has 1 aliphatic rings. The summed E-state index contributed by atoms with van der Waals surface area (Å²) in [6.07, 6.45) is 2.51. The van der Waals surface area contributed by atoms with E-state index in [1.807, 2.05) is 24.3 Å². The van der Waals surface area contributed by atoms with Crippen molar-refractivity contribution >= 4 is 12.3 Å². The minimum Gasteiger partial charge on any atom is -0.464 e. The van der Waals surface area contributed by atoms with Gasteiger partial charge in [-0.15, -0.1) is 0 Å².